The topological polar surface area (TPSA) is 55.9 Å². The SMILES string of the molecule is CCCNCc1cnoc1-c1c(C)nn(C)c1C. The molecule has 0 aliphatic rings. The van der Waals surface area contributed by atoms with E-state index in [2.05, 4.69) is 22.5 Å². The van der Waals surface area contributed by atoms with Crippen molar-refractivity contribution in [3.63, 3.8) is 0 Å². The van der Waals surface area contributed by atoms with Gasteiger partial charge in [-0.05, 0) is 26.8 Å². The maximum absolute atomic E-state index is 5.41. The van der Waals surface area contributed by atoms with Crippen LogP contribution in [0.3, 0.4) is 0 Å². The van der Waals surface area contributed by atoms with Gasteiger partial charge in [-0.25, -0.2) is 0 Å². The molecule has 0 aromatic carbocycles. The summed E-state index contributed by atoms with van der Waals surface area (Å²) in [7, 11) is 1.94. The van der Waals surface area contributed by atoms with Crippen molar-refractivity contribution in [2.45, 2.75) is 33.7 Å². The zero-order valence-corrected chi connectivity index (χ0v) is 11.4. The van der Waals surface area contributed by atoms with Crippen molar-refractivity contribution < 1.29 is 4.52 Å². The Labute approximate surface area is 107 Å². The van der Waals surface area contributed by atoms with E-state index < -0.39 is 0 Å². The average molecular weight is 248 g/mol. The third-order valence-corrected chi connectivity index (χ3v) is 3.12. The quantitative estimate of drug-likeness (QED) is 0.824. The molecular weight excluding hydrogens is 228 g/mol. The summed E-state index contributed by atoms with van der Waals surface area (Å²) in [6.07, 6.45) is 2.90. The van der Waals surface area contributed by atoms with Crippen molar-refractivity contribution in [3.05, 3.63) is 23.1 Å². The predicted molar refractivity (Wildman–Crippen MR) is 70.2 cm³/mol. The summed E-state index contributed by atoms with van der Waals surface area (Å²) in [4.78, 5) is 0. The van der Waals surface area contributed by atoms with Crippen LogP contribution < -0.4 is 5.32 Å². The van der Waals surface area contributed by atoms with E-state index in [1.165, 1.54) is 0 Å². The van der Waals surface area contributed by atoms with E-state index >= 15 is 0 Å². The number of nitrogens with zero attached hydrogens (tertiary/aromatic N) is 3. The van der Waals surface area contributed by atoms with Crippen molar-refractivity contribution in [3.8, 4) is 11.3 Å². The Kier molecular flexibility index (Phi) is 3.81. The Hall–Kier alpha value is -1.62. The number of aromatic nitrogens is 3. The highest BCUT2D eigenvalue weighted by Crippen LogP contribution is 2.29. The van der Waals surface area contributed by atoms with E-state index in [0.29, 0.717) is 0 Å². The van der Waals surface area contributed by atoms with Gasteiger partial charge in [0.25, 0.3) is 0 Å². The highest BCUT2D eigenvalue weighted by Gasteiger charge is 2.18. The van der Waals surface area contributed by atoms with Crippen molar-refractivity contribution in [2.24, 2.45) is 7.05 Å². The van der Waals surface area contributed by atoms with Crippen molar-refractivity contribution in [1.82, 2.24) is 20.3 Å². The lowest BCUT2D eigenvalue weighted by Gasteiger charge is -2.03. The second-order valence-electron chi connectivity index (χ2n) is 4.53. The zero-order valence-electron chi connectivity index (χ0n) is 11.4. The van der Waals surface area contributed by atoms with E-state index in [0.717, 1.165) is 47.8 Å². The molecule has 0 saturated carbocycles. The molecule has 0 aliphatic carbocycles. The fourth-order valence-electron chi connectivity index (χ4n) is 2.09. The molecule has 2 heterocycles. The van der Waals surface area contributed by atoms with E-state index in [-0.39, 0.29) is 0 Å². The molecule has 0 radical (unpaired) electrons. The van der Waals surface area contributed by atoms with Gasteiger partial charge in [-0.1, -0.05) is 12.1 Å². The predicted octanol–water partition coefficient (Wildman–Crippen LogP) is 2.19. The minimum absolute atomic E-state index is 0.778. The van der Waals surface area contributed by atoms with Gasteiger partial charge in [0, 0.05) is 24.8 Å². The molecule has 18 heavy (non-hydrogen) atoms. The van der Waals surface area contributed by atoms with Crippen molar-refractivity contribution in [2.75, 3.05) is 6.54 Å². The minimum Gasteiger partial charge on any atom is -0.356 e. The highest BCUT2D eigenvalue weighted by atomic mass is 16.5. The molecule has 2 aromatic heterocycles. The van der Waals surface area contributed by atoms with E-state index in [4.69, 9.17) is 4.52 Å². The fourth-order valence-corrected chi connectivity index (χ4v) is 2.09. The van der Waals surface area contributed by atoms with Gasteiger partial charge in [0.2, 0.25) is 0 Å². The Morgan fingerprint density at radius 1 is 1.39 bits per heavy atom. The van der Waals surface area contributed by atoms with Crippen molar-refractivity contribution in [1.29, 1.82) is 0 Å². The Balaban J connectivity index is 2.30. The van der Waals surface area contributed by atoms with Crippen LogP contribution in [0, 0.1) is 13.8 Å². The van der Waals surface area contributed by atoms with Crippen LogP contribution in [0.4, 0.5) is 0 Å². The van der Waals surface area contributed by atoms with Gasteiger partial charge in [-0.2, -0.15) is 5.10 Å². The van der Waals surface area contributed by atoms with Gasteiger partial charge < -0.3 is 9.84 Å². The summed E-state index contributed by atoms with van der Waals surface area (Å²) < 4.78 is 7.28. The summed E-state index contributed by atoms with van der Waals surface area (Å²) >= 11 is 0. The van der Waals surface area contributed by atoms with E-state index in [9.17, 15) is 0 Å². The van der Waals surface area contributed by atoms with Crippen LogP contribution in [0.15, 0.2) is 10.7 Å². The molecular formula is C13H20N4O. The van der Waals surface area contributed by atoms with Crippen LogP contribution in [0.5, 0.6) is 0 Å². The summed E-state index contributed by atoms with van der Waals surface area (Å²) in [5.41, 5.74) is 4.22. The first-order chi connectivity index (χ1) is 8.65. The summed E-state index contributed by atoms with van der Waals surface area (Å²) in [5, 5.41) is 11.7. The molecule has 5 heteroatoms. The molecule has 1 N–H and O–H groups in total. The first kappa shape index (κ1) is 12.8. The molecule has 0 unspecified atom stereocenters. The first-order valence-corrected chi connectivity index (χ1v) is 6.30. The van der Waals surface area contributed by atoms with Gasteiger partial charge in [0.15, 0.2) is 5.76 Å². The molecule has 0 amide bonds. The van der Waals surface area contributed by atoms with Crippen LogP contribution in [-0.2, 0) is 13.6 Å². The second kappa shape index (κ2) is 5.35. The molecule has 0 spiro atoms. The lowest BCUT2D eigenvalue weighted by molar-refractivity contribution is 0.431. The standard InChI is InChI=1S/C13H20N4O/c1-5-6-14-7-11-8-15-18-13(11)12-9(2)16-17(4)10(12)3/h8,14H,5-7H2,1-4H3. The molecule has 0 saturated heterocycles. The van der Waals surface area contributed by atoms with Gasteiger partial charge in [-0.15, -0.1) is 0 Å². The highest BCUT2D eigenvalue weighted by molar-refractivity contribution is 5.66. The molecule has 0 aliphatic heterocycles. The number of aryl methyl sites for hydroxylation is 2. The molecule has 2 aromatic rings. The van der Waals surface area contributed by atoms with Crippen LogP contribution in [0.25, 0.3) is 11.3 Å². The van der Waals surface area contributed by atoms with Crippen LogP contribution in [0.1, 0.15) is 30.3 Å². The van der Waals surface area contributed by atoms with Gasteiger partial charge in [0.1, 0.15) is 0 Å². The minimum atomic E-state index is 0.778. The van der Waals surface area contributed by atoms with E-state index in [1.807, 2.05) is 25.6 Å². The van der Waals surface area contributed by atoms with Crippen LogP contribution >= 0.6 is 0 Å². The molecule has 2 rings (SSSR count). The molecule has 98 valence electrons. The van der Waals surface area contributed by atoms with Gasteiger partial charge in [-0.3, -0.25) is 4.68 Å². The van der Waals surface area contributed by atoms with E-state index in [1.54, 1.807) is 6.20 Å². The average Bonchev–Trinajstić information content (AvgIpc) is 2.86. The second-order valence-corrected chi connectivity index (χ2v) is 4.53. The molecule has 0 bridgehead atoms. The smallest absolute Gasteiger partial charge is 0.175 e. The number of nitrogens with one attached hydrogen (secondary N) is 1. The number of hydrogen-bond acceptors (Lipinski definition) is 4. The normalized spacial score (nSPS) is 11.1. The maximum Gasteiger partial charge on any atom is 0.175 e. The molecule has 0 atom stereocenters. The largest absolute Gasteiger partial charge is 0.356 e. The molecule has 5 nitrogen and oxygen atoms in total. The number of hydrogen-bond donors (Lipinski definition) is 1. The Morgan fingerprint density at radius 2 is 2.17 bits per heavy atom. The monoisotopic (exact) mass is 248 g/mol. The van der Waals surface area contributed by atoms with Gasteiger partial charge >= 0.3 is 0 Å². The third-order valence-electron chi connectivity index (χ3n) is 3.12. The first-order valence-electron chi connectivity index (χ1n) is 6.30. The summed E-state index contributed by atoms with van der Waals surface area (Å²) in [6.45, 7) is 7.96. The molecule has 0 fully saturated rings. The summed E-state index contributed by atoms with van der Waals surface area (Å²) in [6, 6.07) is 0. The Bertz CT molecular complexity index is 527. The van der Waals surface area contributed by atoms with Crippen LogP contribution in [-0.4, -0.2) is 21.5 Å². The van der Waals surface area contributed by atoms with Crippen molar-refractivity contribution >= 4 is 0 Å². The number of rotatable bonds is 5. The summed E-state index contributed by atoms with van der Waals surface area (Å²) in [5.74, 6) is 0.835. The lowest BCUT2D eigenvalue weighted by Crippen LogP contribution is -2.13. The maximum atomic E-state index is 5.41. The third kappa shape index (κ3) is 2.31. The lowest BCUT2D eigenvalue weighted by atomic mass is 10.1. The van der Waals surface area contributed by atoms with Crippen LogP contribution in [0.2, 0.25) is 0 Å². The fraction of sp³-hybridized carbons (Fsp3) is 0.538. The Morgan fingerprint density at radius 3 is 2.78 bits per heavy atom. The van der Waals surface area contributed by atoms with Gasteiger partial charge in [0.05, 0.1) is 17.5 Å². The zero-order chi connectivity index (χ0) is 13.1.